The number of benzene rings is 2. The van der Waals surface area contributed by atoms with Crippen molar-refractivity contribution in [2.45, 2.75) is 11.8 Å². The lowest BCUT2D eigenvalue weighted by molar-refractivity contribution is -0.123. The van der Waals surface area contributed by atoms with Gasteiger partial charge in [-0.2, -0.15) is 0 Å². The Bertz CT molecular complexity index is 856. The molecule has 2 rings (SSSR count). The van der Waals surface area contributed by atoms with Crippen molar-refractivity contribution in [2.75, 3.05) is 26.3 Å². The molecule has 27 heavy (non-hydrogen) atoms. The van der Waals surface area contributed by atoms with Crippen LogP contribution in [0, 0.1) is 0 Å². The van der Waals surface area contributed by atoms with Crippen molar-refractivity contribution in [2.24, 2.45) is 0 Å². The monoisotopic (exact) mass is 412 g/mol. The molecule has 0 radical (unpaired) electrons. The van der Waals surface area contributed by atoms with Crippen LogP contribution >= 0.6 is 11.6 Å². The third-order valence-corrected chi connectivity index (χ3v) is 5.10. The molecule has 146 valence electrons. The number of sulfonamides is 1. The summed E-state index contributed by atoms with van der Waals surface area (Å²) in [5.41, 5.74) is 0. The number of hydrogen-bond donors (Lipinski definition) is 2. The zero-order chi connectivity index (χ0) is 19.7. The predicted molar refractivity (Wildman–Crippen MR) is 103 cm³/mol. The molecule has 0 spiro atoms. The van der Waals surface area contributed by atoms with Gasteiger partial charge in [0.1, 0.15) is 0 Å². The van der Waals surface area contributed by atoms with E-state index in [4.69, 9.17) is 21.1 Å². The lowest BCUT2D eigenvalue weighted by Crippen LogP contribution is -2.36. The highest BCUT2D eigenvalue weighted by Gasteiger charge is 2.13. The first-order valence-electron chi connectivity index (χ1n) is 8.29. The standard InChI is InChI=1S/C18H21ClN2O5S/c1-2-25-16-5-3-4-6-17(16)26-13-18(22)20-11-12-21-27(23,24)15-9-7-14(19)8-10-15/h3-10,21H,2,11-13H2,1H3,(H,20,22). The van der Waals surface area contributed by atoms with Crippen LogP contribution in [0.5, 0.6) is 11.5 Å². The van der Waals surface area contributed by atoms with Gasteiger partial charge in [0, 0.05) is 18.1 Å². The van der Waals surface area contributed by atoms with Crippen LogP contribution in [0.4, 0.5) is 0 Å². The summed E-state index contributed by atoms with van der Waals surface area (Å²) < 4.78 is 37.4. The normalized spacial score (nSPS) is 11.0. The zero-order valence-corrected chi connectivity index (χ0v) is 16.3. The lowest BCUT2D eigenvalue weighted by atomic mass is 10.3. The summed E-state index contributed by atoms with van der Waals surface area (Å²) in [5, 5.41) is 3.04. The minimum absolute atomic E-state index is 0.0478. The third kappa shape index (κ3) is 6.74. The molecule has 0 aromatic heterocycles. The molecule has 2 aromatic rings. The Labute approximate surface area is 163 Å². The van der Waals surface area contributed by atoms with Crippen molar-refractivity contribution in [3.8, 4) is 11.5 Å². The van der Waals surface area contributed by atoms with Gasteiger partial charge in [-0.05, 0) is 43.3 Å². The molecule has 0 fully saturated rings. The van der Waals surface area contributed by atoms with E-state index in [1.165, 1.54) is 24.3 Å². The Morgan fingerprint density at radius 1 is 1.00 bits per heavy atom. The fourth-order valence-electron chi connectivity index (χ4n) is 2.12. The van der Waals surface area contributed by atoms with Crippen molar-refractivity contribution < 1.29 is 22.7 Å². The van der Waals surface area contributed by atoms with E-state index in [1.54, 1.807) is 18.2 Å². The average Bonchev–Trinajstić information content (AvgIpc) is 2.65. The molecule has 0 bridgehead atoms. The Kier molecular flexibility index (Phi) is 7.90. The Morgan fingerprint density at radius 3 is 2.26 bits per heavy atom. The van der Waals surface area contributed by atoms with E-state index >= 15 is 0 Å². The summed E-state index contributed by atoms with van der Waals surface area (Å²) in [6.07, 6.45) is 0. The predicted octanol–water partition coefficient (Wildman–Crippen LogP) is 2.21. The molecule has 0 aliphatic rings. The minimum atomic E-state index is -3.65. The van der Waals surface area contributed by atoms with Gasteiger partial charge in [0.25, 0.3) is 5.91 Å². The van der Waals surface area contributed by atoms with E-state index in [2.05, 4.69) is 10.0 Å². The maximum atomic E-state index is 12.1. The second-order valence-corrected chi connectivity index (χ2v) is 7.57. The molecular weight excluding hydrogens is 392 g/mol. The van der Waals surface area contributed by atoms with Gasteiger partial charge in [-0.3, -0.25) is 4.79 Å². The van der Waals surface area contributed by atoms with Crippen LogP contribution in [-0.4, -0.2) is 40.6 Å². The molecule has 2 aromatic carbocycles. The zero-order valence-electron chi connectivity index (χ0n) is 14.8. The maximum Gasteiger partial charge on any atom is 0.257 e. The molecule has 0 atom stereocenters. The molecule has 7 nitrogen and oxygen atoms in total. The molecule has 0 heterocycles. The lowest BCUT2D eigenvalue weighted by Gasteiger charge is -2.12. The molecule has 0 aliphatic heterocycles. The number of ether oxygens (including phenoxy) is 2. The number of rotatable bonds is 10. The number of carbonyl (C=O) groups excluding carboxylic acids is 1. The first-order chi connectivity index (χ1) is 12.9. The van der Waals surface area contributed by atoms with Crippen molar-refractivity contribution in [1.82, 2.24) is 10.0 Å². The fourth-order valence-corrected chi connectivity index (χ4v) is 3.28. The smallest absolute Gasteiger partial charge is 0.257 e. The molecule has 9 heteroatoms. The van der Waals surface area contributed by atoms with E-state index in [0.29, 0.717) is 23.1 Å². The number of carbonyl (C=O) groups is 1. The second kappa shape index (κ2) is 10.1. The van der Waals surface area contributed by atoms with Gasteiger partial charge in [0.15, 0.2) is 18.1 Å². The Hall–Kier alpha value is -2.29. The number of amides is 1. The number of halogens is 1. The highest BCUT2D eigenvalue weighted by molar-refractivity contribution is 7.89. The Balaban J connectivity index is 1.74. The van der Waals surface area contributed by atoms with Gasteiger partial charge >= 0.3 is 0 Å². The summed E-state index contributed by atoms with van der Waals surface area (Å²) >= 11 is 5.74. The SMILES string of the molecule is CCOc1ccccc1OCC(=O)NCCNS(=O)(=O)c1ccc(Cl)cc1. The van der Waals surface area contributed by atoms with Crippen molar-refractivity contribution in [3.63, 3.8) is 0 Å². The fraction of sp³-hybridized carbons (Fsp3) is 0.278. The van der Waals surface area contributed by atoms with Gasteiger partial charge < -0.3 is 14.8 Å². The van der Waals surface area contributed by atoms with Crippen LogP contribution in [-0.2, 0) is 14.8 Å². The quantitative estimate of drug-likeness (QED) is 0.583. The van der Waals surface area contributed by atoms with Crippen LogP contribution in [0.3, 0.4) is 0 Å². The highest BCUT2D eigenvalue weighted by Crippen LogP contribution is 2.26. The van der Waals surface area contributed by atoms with Crippen molar-refractivity contribution in [3.05, 3.63) is 53.6 Å². The first-order valence-corrected chi connectivity index (χ1v) is 10.1. The van der Waals surface area contributed by atoms with Gasteiger partial charge in [-0.15, -0.1) is 0 Å². The van der Waals surface area contributed by atoms with E-state index in [-0.39, 0.29) is 30.5 Å². The van der Waals surface area contributed by atoms with Crippen LogP contribution in [0.15, 0.2) is 53.4 Å². The third-order valence-electron chi connectivity index (χ3n) is 3.37. The topological polar surface area (TPSA) is 93.7 Å². The summed E-state index contributed by atoms with van der Waals surface area (Å²) in [6.45, 7) is 2.32. The molecule has 0 aliphatic carbocycles. The molecule has 1 amide bonds. The molecule has 0 saturated heterocycles. The number of nitrogens with one attached hydrogen (secondary N) is 2. The van der Waals surface area contributed by atoms with E-state index < -0.39 is 10.0 Å². The van der Waals surface area contributed by atoms with E-state index in [1.807, 2.05) is 13.0 Å². The first kappa shape index (κ1) is 21.0. The van der Waals surface area contributed by atoms with Gasteiger partial charge in [-0.25, -0.2) is 13.1 Å². The second-order valence-electron chi connectivity index (χ2n) is 5.37. The Morgan fingerprint density at radius 2 is 1.63 bits per heavy atom. The molecule has 2 N–H and O–H groups in total. The summed E-state index contributed by atoms with van der Waals surface area (Å²) in [4.78, 5) is 12.0. The summed E-state index contributed by atoms with van der Waals surface area (Å²) in [6, 6.07) is 12.9. The van der Waals surface area contributed by atoms with Crippen LogP contribution in [0.25, 0.3) is 0 Å². The maximum absolute atomic E-state index is 12.1. The number of para-hydroxylation sites is 2. The minimum Gasteiger partial charge on any atom is -0.490 e. The van der Waals surface area contributed by atoms with Crippen molar-refractivity contribution >= 4 is 27.5 Å². The highest BCUT2D eigenvalue weighted by atomic mass is 35.5. The van der Waals surface area contributed by atoms with E-state index in [9.17, 15) is 13.2 Å². The number of hydrogen-bond acceptors (Lipinski definition) is 5. The van der Waals surface area contributed by atoms with Crippen LogP contribution < -0.4 is 19.5 Å². The van der Waals surface area contributed by atoms with Crippen LogP contribution in [0.1, 0.15) is 6.92 Å². The molecular formula is C18H21ClN2O5S. The summed E-state index contributed by atoms with van der Waals surface area (Å²) in [5.74, 6) is 0.661. The van der Waals surface area contributed by atoms with Gasteiger partial charge in [-0.1, -0.05) is 23.7 Å². The van der Waals surface area contributed by atoms with Gasteiger partial charge in [0.2, 0.25) is 10.0 Å². The van der Waals surface area contributed by atoms with Gasteiger partial charge in [0.05, 0.1) is 11.5 Å². The summed E-state index contributed by atoms with van der Waals surface area (Å²) in [7, 11) is -3.65. The molecule has 0 saturated carbocycles. The molecule has 0 unspecified atom stereocenters. The van der Waals surface area contributed by atoms with E-state index in [0.717, 1.165) is 0 Å². The average molecular weight is 413 g/mol. The van der Waals surface area contributed by atoms with Crippen molar-refractivity contribution in [1.29, 1.82) is 0 Å². The van der Waals surface area contributed by atoms with Crippen LogP contribution in [0.2, 0.25) is 5.02 Å². The largest absolute Gasteiger partial charge is 0.490 e.